The van der Waals surface area contributed by atoms with Gasteiger partial charge in [-0.25, -0.2) is 0 Å². The SMILES string of the molecule is CCn1nc(-c2cccnc2)c2c1CCC2. The Hall–Kier alpha value is -1.64. The van der Waals surface area contributed by atoms with Crippen molar-refractivity contribution < 1.29 is 0 Å². The summed E-state index contributed by atoms with van der Waals surface area (Å²) in [6, 6.07) is 4.07. The Morgan fingerprint density at radius 2 is 2.31 bits per heavy atom. The van der Waals surface area contributed by atoms with E-state index in [1.807, 2.05) is 12.3 Å². The molecular weight excluding hydrogens is 198 g/mol. The lowest BCUT2D eigenvalue weighted by Crippen LogP contribution is -2.01. The molecule has 2 aromatic heterocycles. The third-order valence-electron chi connectivity index (χ3n) is 3.24. The van der Waals surface area contributed by atoms with Crippen molar-refractivity contribution in [1.29, 1.82) is 0 Å². The van der Waals surface area contributed by atoms with Crippen molar-refractivity contribution in [2.24, 2.45) is 0 Å². The van der Waals surface area contributed by atoms with Gasteiger partial charge in [-0.3, -0.25) is 9.67 Å². The Balaban J connectivity index is 2.15. The first-order chi connectivity index (χ1) is 7.90. The Morgan fingerprint density at radius 3 is 3.06 bits per heavy atom. The molecule has 0 N–H and O–H groups in total. The van der Waals surface area contributed by atoms with Crippen LogP contribution in [0.3, 0.4) is 0 Å². The number of rotatable bonds is 2. The number of aryl methyl sites for hydroxylation is 1. The molecule has 0 radical (unpaired) electrons. The molecule has 0 saturated carbocycles. The lowest BCUT2D eigenvalue weighted by Gasteiger charge is -1.99. The van der Waals surface area contributed by atoms with Crippen molar-refractivity contribution in [3.63, 3.8) is 0 Å². The zero-order valence-corrected chi connectivity index (χ0v) is 9.48. The molecule has 1 aliphatic rings. The van der Waals surface area contributed by atoms with E-state index in [-0.39, 0.29) is 0 Å². The fourth-order valence-corrected chi connectivity index (χ4v) is 2.51. The molecule has 2 aromatic rings. The van der Waals surface area contributed by atoms with Crippen LogP contribution in [0.1, 0.15) is 24.6 Å². The Morgan fingerprint density at radius 1 is 1.38 bits per heavy atom. The quantitative estimate of drug-likeness (QED) is 0.767. The monoisotopic (exact) mass is 213 g/mol. The summed E-state index contributed by atoms with van der Waals surface area (Å²) in [5.41, 5.74) is 5.16. The van der Waals surface area contributed by atoms with Crippen molar-refractivity contribution in [3.05, 3.63) is 35.8 Å². The largest absolute Gasteiger partial charge is 0.269 e. The minimum Gasteiger partial charge on any atom is -0.269 e. The van der Waals surface area contributed by atoms with E-state index in [1.54, 1.807) is 6.20 Å². The summed E-state index contributed by atoms with van der Waals surface area (Å²) in [5.74, 6) is 0. The van der Waals surface area contributed by atoms with Gasteiger partial charge in [0.1, 0.15) is 0 Å². The topological polar surface area (TPSA) is 30.7 Å². The number of hydrogen-bond donors (Lipinski definition) is 0. The second-order valence-corrected chi connectivity index (χ2v) is 4.18. The highest BCUT2D eigenvalue weighted by atomic mass is 15.3. The molecule has 0 amide bonds. The highest BCUT2D eigenvalue weighted by molar-refractivity contribution is 5.64. The summed E-state index contributed by atoms with van der Waals surface area (Å²) in [6.45, 7) is 3.11. The summed E-state index contributed by atoms with van der Waals surface area (Å²) in [7, 11) is 0. The minimum absolute atomic E-state index is 0.961. The highest BCUT2D eigenvalue weighted by Gasteiger charge is 2.22. The van der Waals surface area contributed by atoms with E-state index in [0.717, 1.165) is 17.8 Å². The van der Waals surface area contributed by atoms with Crippen LogP contribution in [0.15, 0.2) is 24.5 Å². The first-order valence-electron chi connectivity index (χ1n) is 5.89. The first kappa shape index (κ1) is 9.58. The van der Waals surface area contributed by atoms with Crippen molar-refractivity contribution in [1.82, 2.24) is 14.8 Å². The second-order valence-electron chi connectivity index (χ2n) is 4.18. The first-order valence-corrected chi connectivity index (χ1v) is 5.89. The van der Waals surface area contributed by atoms with Gasteiger partial charge in [0.2, 0.25) is 0 Å². The number of pyridine rings is 1. The van der Waals surface area contributed by atoms with Gasteiger partial charge in [0.15, 0.2) is 0 Å². The van der Waals surface area contributed by atoms with Gasteiger partial charge in [-0.05, 0) is 38.3 Å². The van der Waals surface area contributed by atoms with Crippen LogP contribution in [0.5, 0.6) is 0 Å². The average Bonchev–Trinajstić information content (AvgIpc) is 2.91. The molecule has 82 valence electrons. The number of fused-ring (bicyclic) bond motifs is 1. The van der Waals surface area contributed by atoms with E-state index in [9.17, 15) is 0 Å². The van der Waals surface area contributed by atoms with Crippen LogP contribution in [0.25, 0.3) is 11.3 Å². The van der Waals surface area contributed by atoms with Gasteiger partial charge in [-0.15, -0.1) is 0 Å². The van der Waals surface area contributed by atoms with E-state index in [1.165, 1.54) is 30.5 Å². The fourth-order valence-electron chi connectivity index (χ4n) is 2.51. The Bertz CT molecular complexity index is 499. The molecule has 0 atom stereocenters. The van der Waals surface area contributed by atoms with Crippen LogP contribution in [-0.2, 0) is 19.4 Å². The maximum atomic E-state index is 4.70. The van der Waals surface area contributed by atoms with Crippen LogP contribution in [0, 0.1) is 0 Å². The van der Waals surface area contributed by atoms with Crippen LogP contribution in [0.4, 0.5) is 0 Å². The molecule has 3 rings (SSSR count). The van der Waals surface area contributed by atoms with Crippen LogP contribution in [-0.4, -0.2) is 14.8 Å². The molecule has 0 saturated heterocycles. The molecule has 3 nitrogen and oxygen atoms in total. The average molecular weight is 213 g/mol. The standard InChI is InChI=1S/C13H15N3/c1-2-16-12-7-3-6-11(12)13(15-16)10-5-4-8-14-9-10/h4-5,8-9H,2-3,6-7H2,1H3. The van der Waals surface area contributed by atoms with Gasteiger partial charge in [-0.2, -0.15) is 5.10 Å². The predicted molar refractivity (Wildman–Crippen MR) is 63.2 cm³/mol. The highest BCUT2D eigenvalue weighted by Crippen LogP contribution is 2.31. The summed E-state index contributed by atoms with van der Waals surface area (Å²) in [4.78, 5) is 4.17. The minimum atomic E-state index is 0.961. The lowest BCUT2D eigenvalue weighted by molar-refractivity contribution is 0.624. The van der Waals surface area contributed by atoms with Gasteiger partial charge < -0.3 is 0 Å². The third kappa shape index (κ3) is 1.35. The third-order valence-corrected chi connectivity index (χ3v) is 3.24. The van der Waals surface area contributed by atoms with Gasteiger partial charge in [0.05, 0.1) is 5.69 Å². The normalized spacial score (nSPS) is 14.1. The summed E-state index contributed by atoms with van der Waals surface area (Å²) < 4.78 is 2.14. The molecule has 2 heterocycles. The molecule has 0 fully saturated rings. The smallest absolute Gasteiger partial charge is 0.0973 e. The van der Waals surface area contributed by atoms with E-state index < -0.39 is 0 Å². The van der Waals surface area contributed by atoms with Crippen molar-refractivity contribution >= 4 is 0 Å². The summed E-state index contributed by atoms with van der Waals surface area (Å²) in [6.07, 6.45) is 7.32. The van der Waals surface area contributed by atoms with Crippen molar-refractivity contribution in [3.8, 4) is 11.3 Å². The fraction of sp³-hybridized carbons (Fsp3) is 0.385. The zero-order chi connectivity index (χ0) is 11.0. The molecule has 0 spiro atoms. The number of aromatic nitrogens is 3. The molecule has 1 aliphatic carbocycles. The zero-order valence-electron chi connectivity index (χ0n) is 9.48. The van der Waals surface area contributed by atoms with E-state index >= 15 is 0 Å². The molecule has 3 heteroatoms. The van der Waals surface area contributed by atoms with Gasteiger partial charge in [0, 0.05) is 35.8 Å². The van der Waals surface area contributed by atoms with Crippen LogP contribution in [0.2, 0.25) is 0 Å². The molecule has 0 aromatic carbocycles. The Kier molecular flexibility index (Phi) is 2.24. The lowest BCUT2D eigenvalue weighted by atomic mass is 10.1. The summed E-state index contributed by atoms with van der Waals surface area (Å²) >= 11 is 0. The second kappa shape index (κ2) is 3.74. The maximum Gasteiger partial charge on any atom is 0.0973 e. The molecule has 16 heavy (non-hydrogen) atoms. The maximum absolute atomic E-state index is 4.70. The van der Waals surface area contributed by atoms with Crippen molar-refractivity contribution in [2.75, 3.05) is 0 Å². The van der Waals surface area contributed by atoms with Gasteiger partial charge in [-0.1, -0.05) is 0 Å². The molecule has 0 aliphatic heterocycles. The van der Waals surface area contributed by atoms with Gasteiger partial charge >= 0.3 is 0 Å². The molecular formula is C13H15N3. The summed E-state index contributed by atoms with van der Waals surface area (Å²) in [5, 5.41) is 4.70. The van der Waals surface area contributed by atoms with Crippen LogP contribution < -0.4 is 0 Å². The van der Waals surface area contributed by atoms with Crippen LogP contribution >= 0.6 is 0 Å². The van der Waals surface area contributed by atoms with E-state index in [2.05, 4.69) is 22.7 Å². The number of hydrogen-bond acceptors (Lipinski definition) is 2. The van der Waals surface area contributed by atoms with E-state index in [4.69, 9.17) is 5.10 Å². The molecule has 0 unspecified atom stereocenters. The van der Waals surface area contributed by atoms with E-state index in [0.29, 0.717) is 0 Å². The van der Waals surface area contributed by atoms with Gasteiger partial charge in [0.25, 0.3) is 0 Å². The molecule has 0 bridgehead atoms. The number of nitrogens with zero attached hydrogens (tertiary/aromatic N) is 3. The van der Waals surface area contributed by atoms with Crippen molar-refractivity contribution in [2.45, 2.75) is 32.7 Å². The predicted octanol–water partition coefficient (Wildman–Crippen LogP) is 2.45. The Labute approximate surface area is 95.1 Å².